The van der Waals surface area contributed by atoms with E-state index in [1.54, 1.807) is 11.3 Å². The summed E-state index contributed by atoms with van der Waals surface area (Å²) in [7, 11) is 3.96. The zero-order valence-corrected chi connectivity index (χ0v) is 16.9. The largest absolute Gasteiger partial charge is 0.378 e. The third kappa shape index (κ3) is 3.73. The van der Waals surface area contributed by atoms with Crippen molar-refractivity contribution in [2.45, 2.75) is 0 Å². The van der Waals surface area contributed by atoms with Crippen molar-refractivity contribution in [2.24, 2.45) is 0 Å². The molecule has 0 unspecified atom stereocenters. The van der Waals surface area contributed by atoms with Crippen LogP contribution in [-0.2, 0) is 0 Å². The maximum atomic E-state index is 12.9. The van der Waals surface area contributed by atoms with E-state index in [-0.39, 0.29) is 5.91 Å². The van der Waals surface area contributed by atoms with Gasteiger partial charge in [-0.2, -0.15) is 0 Å². The van der Waals surface area contributed by atoms with E-state index in [1.165, 1.54) is 0 Å². The van der Waals surface area contributed by atoms with E-state index in [9.17, 15) is 4.79 Å². The lowest BCUT2D eigenvalue weighted by atomic mass is 10.1. The van der Waals surface area contributed by atoms with Crippen LogP contribution in [0.5, 0.6) is 0 Å². The second kappa shape index (κ2) is 7.37. The van der Waals surface area contributed by atoms with Gasteiger partial charge in [-0.15, -0.1) is 0 Å². The van der Waals surface area contributed by atoms with Gasteiger partial charge in [-0.25, -0.2) is 4.98 Å². The number of hydrogen-bond donors (Lipinski definition) is 0. The molecule has 140 valence electrons. The van der Waals surface area contributed by atoms with Crippen LogP contribution in [0.2, 0.25) is 5.02 Å². The van der Waals surface area contributed by atoms with Gasteiger partial charge in [0.1, 0.15) is 0 Å². The van der Waals surface area contributed by atoms with Gasteiger partial charge in [0.2, 0.25) is 0 Å². The molecular formula is C20H21ClN4OS. The molecular weight excluding hydrogens is 380 g/mol. The second-order valence-electron chi connectivity index (χ2n) is 6.83. The first-order chi connectivity index (χ1) is 13.0. The van der Waals surface area contributed by atoms with Crippen LogP contribution in [0.25, 0.3) is 10.2 Å². The summed E-state index contributed by atoms with van der Waals surface area (Å²) in [5.41, 5.74) is 2.75. The normalized spacial score (nSPS) is 14.6. The Hall–Kier alpha value is -2.31. The molecule has 5 nitrogen and oxygen atoms in total. The van der Waals surface area contributed by atoms with Gasteiger partial charge in [-0.3, -0.25) is 4.79 Å². The molecule has 3 aromatic rings. The van der Waals surface area contributed by atoms with Crippen LogP contribution < -0.4 is 9.80 Å². The Morgan fingerprint density at radius 1 is 1.11 bits per heavy atom. The number of carbonyl (C=O) groups is 1. The molecule has 0 spiro atoms. The van der Waals surface area contributed by atoms with Gasteiger partial charge < -0.3 is 14.7 Å². The number of hydrogen-bond acceptors (Lipinski definition) is 5. The lowest BCUT2D eigenvalue weighted by Crippen LogP contribution is -2.48. The van der Waals surface area contributed by atoms with Crippen molar-refractivity contribution < 1.29 is 4.79 Å². The monoisotopic (exact) mass is 400 g/mol. The van der Waals surface area contributed by atoms with Crippen LogP contribution in [0.15, 0.2) is 42.5 Å². The number of halogens is 1. The molecule has 0 aliphatic carbocycles. The van der Waals surface area contributed by atoms with E-state index in [1.807, 2.05) is 66.4 Å². The van der Waals surface area contributed by atoms with Crippen molar-refractivity contribution >= 4 is 49.9 Å². The Balaban J connectivity index is 1.45. The van der Waals surface area contributed by atoms with Crippen LogP contribution in [0, 0.1) is 0 Å². The van der Waals surface area contributed by atoms with Gasteiger partial charge in [-0.05, 0) is 36.4 Å². The fourth-order valence-corrected chi connectivity index (χ4v) is 4.52. The van der Waals surface area contributed by atoms with E-state index >= 15 is 0 Å². The molecule has 0 bridgehead atoms. The molecule has 1 saturated heterocycles. The standard InChI is InChI=1S/C20H21ClN4OS/c1-23(2)16-5-3-4-14(12-16)19(26)24-8-10-25(11-9-24)20-22-17-7-6-15(21)13-18(17)27-20/h3-7,12-13H,8-11H2,1-2H3. The average molecular weight is 401 g/mol. The topological polar surface area (TPSA) is 39.7 Å². The molecule has 1 amide bonds. The van der Waals surface area contributed by atoms with Gasteiger partial charge in [0.25, 0.3) is 5.91 Å². The number of benzene rings is 2. The van der Waals surface area contributed by atoms with E-state index in [4.69, 9.17) is 16.6 Å². The zero-order valence-electron chi connectivity index (χ0n) is 15.4. The number of rotatable bonds is 3. The summed E-state index contributed by atoms with van der Waals surface area (Å²) in [5.74, 6) is 0.0921. The number of anilines is 2. The van der Waals surface area contributed by atoms with Gasteiger partial charge >= 0.3 is 0 Å². The minimum atomic E-state index is 0.0921. The van der Waals surface area contributed by atoms with Crippen molar-refractivity contribution in [1.82, 2.24) is 9.88 Å². The van der Waals surface area contributed by atoms with Gasteiger partial charge in [-0.1, -0.05) is 29.0 Å². The number of thiazole rings is 1. The highest BCUT2D eigenvalue weighted by molar-refractivity contribution is 7.22. The van der Waals surface area contributed by atoms with Gasteiger partial charge in [0.05, 0.1) is 10.2 Å². The van der Waals surface area contributed by atoms with Crippen LogP contribution in [-0.4, -0.2) is 56.1 Å². The maximum absolute atomic E-state index is 12.9. The lowest BCUT2D eigenvalue weighted by Gasteiger charge is -2.34. The van der Waals surface area contributed by atoms with Crippen molar-refractivity contribution in [1.29, 1.82) is 0 Å². The van der Waals surface area contributed by atoms with E-state index in [2.05, 4.69) is 4.90 Å². The minimum absolute atomic E-state index is 0.0921. The van der Waals surface area contributed by atoms with Gasteiger partial charge in [0.15, 0.2) is 5.13 Å². The van der Waals surface area contributed by atoms with E-state index in [0.717, 1.165) is 44.7 Å². The predicted molar refractivity (Wildman–Crippen MR) is 114 cm³/mol. The highest BCUT2D eigenvalue weighted by Crippen LogP contribution is 2.31. The zero-order chi connectivity index (χ0) is 19.0. The molecule has 1 aliphatic rings. The van der Waals surface area contributed by atoms with E-state index in [0.29, 0.717) is 13.1 Å². The molecule has 2 heterocycles. The predicted octanol–water partition coefficient (Wildman–Crippen LogP) is 3.98. The lowest BCUT2D eigenvalue weighted by molar-refractivity contribution is 0.0747. The minimum Gasteiger partial charge on any atom is -0.378 e. The molecule has 1 aliphatic heterocycles. The fraction of sp³-hybridized carbons (Fsp3) is 0.300. The Kier molecular flexibility index (Phi) is 4.93. The average Bonchev–Trinajstić information content (AvgIpc) is 3.10. The van der Waals surface area contributed by atoms with Crippen LogP contribution >= 0.6 is 22.9 Å². The molecule has 2 aromatic carbocycles. The second-order valence-corrected chi connectivity index (χ2v) is 8.28. The fourth-order valence-electron chi connectivity index (χ4n) is 3.22. The highest BCUT2D eigenvalue weighted by atomic mass is 35.5. The Labute approximate surface area is 167 Å². The van der Waals surface area contributed by atoms with Crippen LogP contribution in [0.3, 0.4) is 0 Å². The number of piperazine rings is 1. The first-order valence-electron chi connectivity index (χ1n) is 8.89. The Bertz CT molecular complexity index is 979. The Morgan fingerprint density at radius 2 is 1.89 bits per heavy atom. The third-order valence-corrected chi connectivity index (χ3v) is 6.10. The van der Waals surface area contributed by atoms with Crippen LogP contribution in [0.1, 0.15) is 10.4 Å². The maximum Gasteiger partial charge on any atom is 0.254 e. The molecule has 0 saturated carbocycles. The molecule has 0 atom stereocenters. The SMILES string of the molecule is CN(C)c1cccc(C(=O)N2CCN(c3nc4ccc(Cl)cc4s3)CC2)c1. The van der Waals surface area contributed by atoms with Crippen molar-refractivity contribution in [3.63, 3.8) is 0 Å². The number of carbonyl (C=O) groups excluding carboxylic acids is 1. The molecule has 1 fully saturated rings. The summed E-state index contributed by atoms with van der Waals surface area (Å²) in [5, 5.41) is 1.72. The van der Waals surface area contributed by atoms with Crippen LogP contribution in [0.4, 0.5) is 10.8 Å². The summed E-state index contributed by atoms with van der Waals surface area (Å²) in [4.78, 5) is 23.8. The summed E-state index contributed by atoms with van der Waals surface area (Å²) in [6.45, 7) is 2.96. The van der Waals surface area contributed by atoms with Crippen molar-refractivity contribution in [3.05, 3.63) is 53.1 Å². The Morgan fingerprint density at radius 3 is 2.63 bits per heavy atom. The summed E-state index contributed by atoms with van der Waals surface area (Å²) in [6.07, 6.45) is 0. The molecule has 27 heavy (non-hydrogen) atoms. The number of amides is 1. The first kappa shape index (κ1) is 18.1. The van der Waals surface area contributed by atoms with Crippen molar-refractivity contribution in [3.8, 4) is 0 Å². The smallest absolute Gasteiger partial charge is 0.254 e. The third-order valence-electron chi connectivity index (χ3n) is 4.79. The molecule has 0 radical (unpaired) electrons. The van der Waals surface area contributed by atoms with Crippen molar-refractivity contribution in [2.75, 3.05) is 50.1 Å². The summed E-state index contributed by atoms with van der Waals surface area (Å²) >= 11 is 7.73. The molecule has 0 N–H and O–H groups in total. The number of aromatic nitrogens is 1. The number of fused-ring (bicyclic) bond motifs is 1. The molecule has 7 heteroatoms. The molecule has 1 aromatic heterocycles. The van der Waals surface area contributed by atoms with E-state index < -0.39 is 0 Å². The summed E-state index contributed by atoms with van der Waals surface area (Å²) < 4.78 is 1.09. The number of nitrogens with zero attached hydrogens (tertiary/aromatic N) is 4. The summed E-state index contributed by atoms with van der Waals surface area (Å²) in [6, 6.07) is 13.6. The first-order valence-corrected chi connectivity index (χ1v) is 10.1. The molecule has 4 rings (SSSR count). The quantitative estimate of drug-likeness (QED) is 0.666. The highest BCUT2D eigenvalue weighted by Gasteiger charge is 2.24. The van der Waals surface area contributed by atoms with Gasteiger partial charge in [0, 0.05) is 56.5 Å².